The second-order valence-electron chi connectivity index (χ2n) is 5.38. The lowest BCUT2D eigenvalue weighted by atomic mass is 10.2. The molecule has 7 heteroatoms. The number of methoxy groups -OCH3 is 1. The van der Waals surface area contributed by atoms with Gasteiger partial charge in [-0.2, -0.15) is 0 Å². The quantitative estimate of drug-likeness (QED) is 0.710. The monoisotopic (exact) mass is 377 g/mol. The summed E-state index contributed by atoms with van der Waals surface area (Å²) in [4.78, 5) is 24.1. The van der Waals surface area contributed by atoms with Crippen molar-refractivity contribution in [2.24, 2.45) is 0 Å². The Labute approximate surface area is 157 Å². The Kier molecular flexibility index (Phi) is 7.29. The molecule has 1 N–H and O–H groups in total. The molecule has 6 nitrogen and oxygen atoms in total. The van der Waals surface area contributed by atoms with E-state index >= 15 is 0 Å². The smallest absolute Gasteiger partial charge is 0.310 e. The van der Waals surface area contributed by atoms with E-state index in [9.17, 15) is 9.59 Å². The van der Waals surface area contributed by atoms with E-state index in [-0.39, 0.29) is 13.0 Å². The Morgan fingerprint density at radius 1 is 1.15 bits per heavy atom. The number of amides is 1. The van der Waals surface area contributed by atoms with Crippen LogP contribution in [0.1, 0.15) is 13.3 Å². The Morgan fingerprint density at radius 3 is 2.58 bits per heavy atom. The number of hydrogen-bond donors (Lipinski definition) is 1. The van der Waals surface area contributed by atoms with Crippen molar-refractivity contribution < 1.29 is 23.8 Å². The summed E-state index contributed by atoms with van der Waals surface area (Å²) in [6.45, 7) is 1.65. The molecule has 0 aliphatic heterocycles. The SMILES string of the molecule is COc1ccc(Cl)cc1NC(=O)C(C)OC(=O)CCOc1ccccc1. The number of benzene rings is 2. The molecule has 2 aromatic rings. The number of anilines is 1. The Bertz CT molecular complexity index is 751. The molecule has 138 valence electrons. The molecule has 0 fully saturated rings. The van der Waals surface area contributed by atoms with Crippen LogP contribution in [0.2, 0.25) is 5.02 Å². The average molecular weight is 378 g/mol. The highest BCUT2D eigenvalue weighted by Crippen LogP contribution is 2.27. The number of ether oxygens (including phenoxy) is 3. The third-order valence-corrected chi connectivity index (χ3v) is 3.65. The summed E-state index contributed by atoms with van der Waals surface area (Å²) in [7, 11) is 1.48. The summed E-state index contributed by atoms with van der Waals surface area (Å²) in [5.74, 6) is 0.112. The van der Waals surface area contributed by atoms with E-state index in [0.29, 0.717) is 22.2 Å². The molecule has 1 unspecified atom stereocenters. The first-order valence-corrected chi connectivity index (χ1v) is 8.39. The molecular formula is C19H20ClNO5. The number of para-hydroxylation sites is 1. The molecule has 0 spiro atoms. The Morgan fingerprint density at radius 2 is 1.88 bits per heavy atom. The van der Waals surface area contributed by atoms with E-state index in [1.54, 1.807) is 30.3 Å². The van der Waals surface area contributed by atoms with Crippen molar-refractivity contribution in [2.45, 2.75) is 19.4 Å². The van der Waals surface area contributed by atoms with Crippen LogP contribution in [0.4, 0.5) is 5.69 Å². The largest absolute Gasteiger partial charge is 0.495 e. The van der Waals surface area contributed by atoms with Crippen molar-refractivity contribution in [1.29, 1.82) is 0 Å². The van der Waals surface area contributed by atoms with Gasteiger partial charge in [-0.3, -0.25) is 9.59 Å². The summed E-state index contributed by atoms with van der Waals surface area (Å²) in [6.07, 6.45) is -0.935. The zero-order valence-electron chi connectivity index (χ0n) is 14.5. The maximum atomic E-state index is 12.2. The number of rotatable bonds is 8. The molecular weight excluding hydrogens is 358 g/mol. The Balaban J connectivity index is 1.81. The van der Waals surface area contributed by atoms with Gasteiger partial charge in [0.1, 0.15) is 11.5 Å². The van der Waals surface area contributed by atoms with Crippen LogP contribution in [0.3, 0.4) is 0 Å². The van der Waals surface area contributed by atoms with E-state index in [0.717, 1.165) is 0 Å². The second-order valence-corrected chi connectivity index (χ2v) is 5.81. The van der Waals surface area contributed by atoms with Gasteiger partial charge in [-0.05, 0) is 37.3 Å². The van der Waals surface area contributed by atoms with Gasteiger partial charge < -0.3 is 19.5 Å². The van der Waals surface area contributed by atoms with Crippen LogP contribution in [0.15, 0.2) is 48.5 Å². The van der Waals surface area contributed by atoms with Gasteiger partial charge in [0.05, 0.1) is 25.8 Å². The van der Waals surface area contributed by atoms with Crippen molar-refractivity contribution >= 4 is 29.2 Å². The van der Waals surface area contributed by atoms with Gasteiger partial charge in [0.2, 0.25) is 0 Å². The number of halogens is 1. The van der Waals surface area contributed by atoms with Gasteiger partial charge in [0.15, 0.2) is 6.10 Å². The standard InChI is InChI=1S/C19H20ClNO5/c1-13(19(23)21-16-12-14(20)8-9-17(16)24-2)26-18(22)10-11-25-15-6-4-3-5-7-15/h3-9,12-13H,10-11H2,1-2H3,(H,21,23). The molecule has 0 aromatic heterocycles. The van der Waals surface area contributed by atoms with Crippen molar-refractivity contribution in [3.8, 4) is 11.5 Å². The minimum absolute atomic E-state index is 0.0347. The van der Waals surface area contributed by atoms with Gasteiger partial charge in [0.25, 0.3) is 5.91 Å². The minimum atomic E-state index is -0.970. The van der Waals surface area contributed by atoms with Gasteiger partial charge in [0, 0.05) is 5.02 Å². The molecule has 0 bridgehead atoms. The number of carbonyl (C=O) groups is 2. The van der Waals surface area contributed by atoms with Crippen LogP contribution in [0.25, 0.3) is 0 Å². The Hall–Kier alpha value is -2.73. The number of hydrogen-bond acceptors (Lipinski definition) is 5. The first-order chi connectivity index (χ1) is 12.5. The molecule has 2 rings (SSSR count). The highest BCUT2D eigenvalue weighted by molar-refractivity contribution is 6.31. The van der Waals surface area contributed by atoms with Crippen LogP contribution in [-0.2, 0) is 14.3 Å². The highest BCUT2D eigenvalue weighted by atomic mass is 35.5. The fourth-order valence-corrected chi connectivity index (χ4v) is 2.26. The molecule has 1 atom stereocenters. The van der Waals surface area contributed by atoms with Gasteiger partial charge in [-0.25, -0.2) is 0 Å². The molecule has 0 aliphatic rings. The molecule has 0 aliphatic carbocycles. The summed E-state index contributed by atoms with van der Waals surface area (Å²) in [6, 6.07) is 14.0. The van der Waals surface area contributed by atoms with Crippen molar-refractivity contribution in [2.75, 3.05) is 19.0 Å². The van der Waals surface area contributed by atoms with Crippen molar-refractivity contribution in [1.82, 2.24) is 0 Å². The highest BCUT2D eigenvalue weighted by Gasteiger charge is 2.19. The van der Waals surface area contributed by atoms with Crippen LogP contribution >= 0.6 is 11.6 Å². The maximum absolute atomic E-state index is 12.2. The maximum Gasteiger partial charge on any atom is 0.310 e. The second kappa shape index (κ2) is 9.68. The molecule has 2 aromatic carbocycles. The lowest BCUT2D eigenvalue weighted by Crippen LogP contribution is -2.30. The number of nitrogens with one attached hydrogen (secondary N) is 1. The minimum Gasteiger partial charge on any atom is -0.495 e. The van der Waals surface area contributed by atoms with Crippen molar-refractivity contribution in [3.63, 3.8) is 0 Å². The summed E-state index contributed by atoms with van der Waals surface area (Å²) < 4.78 is 15.7. The first kappa shape index (κ1) is 19.6. The molecule has 0 saturated carbocycles. The van der Waals surface area contributed by atoms with Crippen molar-refractivity contribution in [3.05, 3.63) is 53.6 Å². The van der Waals surface area contributed by atoms with Crippen LogP contribution in [0, 0.1) is 0 Å². The van der Waals surface area contributed by atoms with Crippen LogP contribution in [0.5, 0.6) is 11.5 Å². The van der Waals surface area contributed by atoms with E-state index in [1.165, 1.54) is 14.0 Å². The zero-order valence-corrected chi connectivity index (χ0v) is 15.3. The van der Waals surface area contributed by atoms with Gasteiger partial charge in [-0.1, -0.05) is 29.8 Å². The zero-order chi connectivity index (χ0) is 18.9. The first-order valence-electron chi connectivity index (χ1n) is 8.01. The predicted octanol–water partition coefficient (Wildman–Crippen LogP) is 3.69. The number of esters is 1. The van der Waals surface area contributed by atoms with E-state index in [4.69, 9.17) is 25.8 Å². The van der Waals surface area contributed by atoms with Crippen LogP contribution < -0.4 is 14.8 Å². The lowest BCUT2D eigenvalue weighted by Gasteiger charge is -2.15. The van der Waals surface area contributed by atoms with Gasteiger partial charge >= 0.3 is 5.97 Å². The summed E-state index contributed by atoms with van der Waals surface area (Å²) in [5, 5.41) is 3.08. The van der Waals surface area contributed by atoms with E-state index in [1.807, 2.05) is 18.2 Å². The summed E-state index contributed by atoms with van der Waals surface area (Å²) >= 11 is 5.92. The molecule has 0 radical (unpaired) electrons. The fraction of sp³-hybridized carbons (Fsp3) is 0.263. The lowest BCUT2D eigenvalue weighted by molar-refractivity contribution is -0.153. The molecule has 26 heavy (non-hydrogen) atoms. The van der Waals surface area contributed by atoms with Crippen LogP contribution in [-0.4, -0.2) is 31.7 Å². The van der Waals surface area contributed by atoms with E-state index in [2.05, 4.69) is 5.32 Å². The number of carbonyl (C=O) groups excluding carboxylic acids is 2. The van der Waals surface area contributed by atoms with E-state index < -0.39 is 18.0 Å². The topological polar surface area (TPSA) is 73.9 Å². The fourth-order valence-electron chi connectivity index (χ4n) is 2.09. The molecule has 1 amide bonds. The predicted molar refractivity (Wildman–Crippen MR) is 98.7 cm³/mol. The molecule has 0 heterocycles. The third-order valence-electron chi connectivity index (χ3n) is 3.41. The summed E-state index contributed by atoms with van der Waals surface area (Å²) in [5.41, 5.74) is 0.403. The normalized spacial score (nSPS) is 11.3. The average Bonchev–Trinajstić information content (AvgIpc) is 2.62. The molecule has 0 saturated heterocycles. The third kappa shape index (κ3) is 5.97. The van der Waals surface area contributed by atoms with Gasteiger partial charge in [-0.15, -0.1) is 0 Å².